The van der Waals surface area contributed by atoms with E-state index in [0.29, 0.717) is 5.69 Å². The standard InChI is InChI=1S/C18H17F3N4O3/c1-11-6-13(24-23-11)8-25(2)17(26)15-9-28-16(22-15)10-27-14-5-3-4-12(7-14)18(19,20)21/h3-7,9H,8,10H2,1-2H3,(H,23,24). The molecule has 0 saturated heterocycles. The highest BCUT2D eigenvalue weighted by Gasteiger charge is 2.30. The van der Waals surface area contributed by atoms with Gasteiger partial charge in [0.05, 0.1) is 17.8 Å². The van der Waals surface area contributed by atoms with Crippen LogP contribution in [0.4, 0.5) is 13.2 Å². The van der Waals surface area contributed by atoms with Crippen molar-refractivity contribution in [3.8, 4) is 5.75 Å². The second-order valence-corrected chi connectivity index (χ2v) is 6.14. The maximum absolute atomic E-state index is 12.7. The summed E-state index contributed by atoms with van der Waals surface area (Å²) in [6, 6.07) is 6.29. The van der Waals surface area contributed by atoms with Gasteiger partial charge >= 0.3 is 6.18 Å². The van der Waals surface area contributed by atoms with Crippen LogP contribution < -0.4 is 4.74 Å². The van der Waals surface area contributed by atoms with Crippen molar-refractivity contribution in [2.75, 3.05) is 7.05 Å². The lowest BCUT2D eigenvalue weighted by molar-refractivity contribution is -0.137. The number of hydrogen-bond donors (Lipinski definition) is 1. The molecule has 0 unspecified atom stereocenters. The minimum atomic E-state index is -4.46. The first-order chi connectivity index (χ1) is 13.2. The Labute approximate surface area is 158 Å². The van der Waals surface area contributed by atoms with Gasteiger partial charge in [-0.05, 0) is 31.2 Å². The average molecular weight is 394 g/mol. The lowest BCUT2D eigenvalue weighted by atomic mass is 10.2. The number of hydrogen-bond acceptors (Lipinski definition) is 5. The number of benzene rings is 1. The fourth-order valence-electron chi connectivity index (χ4n) is 2.45. The number of aryl methyl sites for hydroxylation is 1. The van der Waals surface area contributed by atoms with Gasteiger partial charge in [0.2, 0.25) is 5.89 Å². The largest absolute Gasteiger partial charge is 0.484 e. The summed E-state index contributed by atoms with van der Waals surface area (Å²) in [5.74, 6) is -0.286. The van der Waals surface area contributed by atoms with Crippen molar-refractivity contribution in [2.24, 2.45) is 0 Å². The van der Waals surface area contributed by atoms with Gasteiger partial charge in [-0.15, -0.1) is 0 Å². The molecule has 3 rings (SSSR count). The number of nitrogens with one attached hydrogen (secondary N) is 1. The number of H-pyrrole nitrogens is 1. The van der Waals surface area contributed by atoms with E-state index in [1.54, 1.807) is 7.05 Å². The molecule has 0 saturated carbocycles. The molecule has 0 aliphatic heterocycles. The van der Waals surface area contributed by atoms with Gasteiger partial charge in [0.15, 0.2) is 12.3 Å². The smallest absolute Gasteiger partial charge is 0.416 e. The third kappa shape index (κ3) is 4.70. The minimum absolute atomic E-state index is 0.0203. The monoisotopic (exact) mass is 394 g/mol. The van der Waals surface area contributed by atoms with Gasteiger partial charge in [-0.3, -0.25) is 9.89 Å². The van der Waals surface area contributed by atoms with Crippen LogP contribution in [-0.4, -0.2) is 33.0 Å². The summed E-state index contributed by atoms with van der Waals surface area (Å²) in [5.41, 5.74) is 0.831. The topological polar surface area (TPSA) is 84.2 Å². The number of carbonyl (C=O) groups is 1. The van der Waals surface area contributed by atoms with E-state index in [1.807, 2.05) is 13.0 Å². The SMILES string of the molecule is Cc1cc(CN(C)C(=O)c2coc(COc3cccc(C(F)(F)F)c3)n2)n[nH]1. The Morgan fingerprint density at radius 3 is 2.79 bits per heavy atom. The predicted molar refractivity (Wildman–Crippen MR) is 91.4 cm³/mol. The van der Waals surface area contributed by atoms with Crippen LogP contribution in [0.1, 0.15) is 33.3 Å². The van der Waals surface area contributed by atoms with Gasteiger partial charge in [-0.25, -0.2) is 4.98 Å². The molecule has 148 valence electrons. The highest BCUT2D eigenvalue weighted by molar-refractivity contribution is 5.91. The zero-order chi connectivity index (χ0) is 20.3. The molecule has 3 aromatic rings. The van der Waals surface area contributed by atoms with E-state index < -0.39 is 11.7 Å². The van der Waals surface area contributed by atoms with Crippen LogP contribution in [0.15, 0.2) is 41.0 Å². The molecule has 0 bridgehead atoms. The van der Waals surface area contributed by atoms with Crippen LogP contribution in [0, 0.1) is 6.92 Å². The molecule has 0 fully saturated rings. The first-order valence-corrected chi connectivity index (χ1v) is 8.23. The lowest BCUT2D eigenvalue weighted by Crippen LogP contribution is -2.26. The van der Waals surface area contributed by atoms with Crippen LogP contribution in [0.2, 0.25) is 0 Å². The second-order valence-electron chi connectivity index (χ2n) is 6.14. The molecule has 0 spiro atoms. The van der Waals surface area contributed by atoms with E-state index in [4.69, 9.17) is 9.15 Å². The van der Waals surface area contributed by atoms with Crippen molar-refractivity contribution >= 4 is 5.91 Å². The van der Waals surface area contributed by atoms with Gasteiger partial charge in [-0.1, -0.05) is 6.07 Å². The Kier molecular flexibility index (Phi) is 5.39. The van der Waals surface area contributed by atoms with E-state index >= 15 is 0 Å². The van der Waals surface area contributed by atoms with E-state index in [0.717, 1.165) is 17.8 Å². The number of halogens is 3. The maximum Gasteiger partial charge on any atom is 0.416 e. The summed E-state index contributed by atoms with van der Waals surface area (Å²) in [7, 11) is 1.60. The summed E-state index contributed by atoms with van der Waals surface area (Å²) in [4.78, 5) is 17.9. The third-order valence-electron chi connectivity index (χ3n) is 3.80. The summed E-state index contributed by atoms with van der Waals surface area (Å²) >= 11 is 0. The maximum atomic E-state index is 12.7. The highest BCUT2D eigenvalue weighted by atomic mass is 19.4. The molecular weight excluding hydrogens is 377 g/mol. The average Bonchev–Trinajstić information content (AvgIpc) is 3.28. The van der Waals surface area contributed by atoms with Crippen molar-refractivity contribution in [3.05, 3.63) is 65.1 Å². The van der Waals surface area contributed by atoms with Crippen molar-refractivity contribution in [1.82, 2.24) is 20.1 Å². The quantitative estimate of drug-likeness (QED) is 0.691. The van der Waals surface area contributed by atoms with Crippen molar-refractivity contribution in [1.29, 1.82) is 0 Å². The Morgan fingerprint density at radius 1 is 1.32 bits per heavy atom. The van der Waals surface area contributed by atoms with Gasteiger partial charge in [-0.2, -0.15) is 18.3 Å². The number of carbonyl (C=O) groups excluding carboxylic acids is 1. The van der Waals surface area contributed by atoms with Crippen molar-refractivity contribution < 1.29 is 27.1 Å². The van der Waals surface area contributed by atoms with E-state index in [2.05, 4.69) is 15.2 Å². The van der Waals surface area contributed by atoms with Gasteiger partial charge in [0.1, 0.15) is 12.0 Å². The third-order valence-corrected chi connectivity index (χ3v) is 3.80. The molecular formula is C18H17F3N4O3. The summed E-state index contributed by atoms with van der Waals surface area (Å²) in [6.45, 7) is 1.93. The minimum Gasteiger partial charge on any atom is -0.484 e. The molecule has 0 atom stereocenters. The van der Waals surface area contributed by atoms with Crippen LogP contribution in [-0.2, 0) is 19.3 Å². The number of aromatic amines is 1. The Hall–Kier alpha value is -3.30. The second kappa shape index (κ2) is 7.75. The van der Waals surface area contributed by atoms with Crippen molar-refractivity contribution in [2.45, 2.75) is 26.3 Å². The van der Waals surface area contributed by atoms with Crippen molar-refractivity contribution in [3.63, 3.8) is 0 Å². The first-order valence-electron chi connectivity index (χ1n) is 8.23. The van der Waals surface area contributed by atoms with E-state index in [-0.39, 0.29) is 36.4 Å². The molecule has 10 heteroatoms. The molecule has 0 aliphatic rings. The normalized spacial score (nSPS) is 11.5. The number of amides is 1. The van der Waals surface area contributed by atoms with E-state index in [1.165, 1.54) is 23.3 Å². The zero-order valence-corrected chi connectivity index (χ0v) is 15.1. The summed E-state index contributed by atoms with van der Waals surface area (Å²) in [6.07, 6.45) is -3.28. The van der Waals surface area contributed by atoms with Crippen LogP contribution in [0.25, 0.3) is 0 Å². The molecule has 7 nitrogen and oxygen atoms in total. The van der Waals surface area contributed by atoms with E-state index in [9.17, 15) is 18.0 Å². The molecule has 1 aromatic carbocycles. The van der Waals surface area contributed by atoms with Crippen LogP contribution >= 0.6 is 0 Å². The number of alkyl halides is 3. The number of ether oxygens (including phenoxy) is 1. The highest BCUT2D eigenvalue weighted by Crippen LogP contribution is 2.31. The number of nitrogens with zero attached hydrogens (tertiary/aromatic N) is 3. The Bertz CT molecular complexity index is 965. The first kappa shape index (κ1) is 19.5. The summed E-state index contributed by atoms with van der Waals surface area (Å²) < 4.78 is 48.6. The molecule has 2 heterocycles. The lowest BCUT2D eigenvalue weighted by Gasteiger charge is -2.13. The summed E-state index contributed by atoms with van der Waals surface area (Å²) in [5, 5.41) is 6.85. The Balaban J connectivity index is 1.60. The van der Waals surface area contributed by atoms with Gasteiger partial charge in [0, 0.05) is 12.7 Å². The molecule has 28 heavy (non-hydrogen) atoms. The van der Waals surface area contributed by atoms with Crippen LogP contribution in [0.3, 0.4) is 0 Å². The predicted octanol–water partition coefficient (Wildman–Crippen LogP) is 3.58. The molecule has 1 amide bonds. The number of aromatic nitrogens is 3. The zero-order valence-electron chi connectivity index (χ0n) is 15.1. The Morgan fingerprint density at radius 2 is 2.11 bits per heavy atom. The number of oxazole rings is 1. The molecule has 0 aliphatic carbocycles. The van der Waals surface area contributed by atoms with Gasteiger partial charge < -0.3 is 14.1 Å². The fraction of sp³-hybridized carbons (Fsp3) is 0.278. The molecule has 1 N–H and O–H groups in total. The number of rotatable bonds is 6. The molecule has 0 radical (unpaired) electrons. The fourth-order valence-corrected chi connectivity index (χ4v) is 2.45. The van der Waals surface area contributed by atoms with Crippen LogP contribution in [0.5, 0.6) is 5.75 Å². The molecule has 2 aromatic heterocycles. The van der Waals surface area contributed by atoms with Gasteiger partial charge in [0.25, 0.3) is 5.91 Å².